The van der Waals surface area contributed by atoms with Gasteiger partial charge < -0.3 is 14.4 Å². The number of carbonyl (C=O) groups excluding carboxylic acids is 2. The number of benzene rings is 1. The van der Waals surface area contributed by atoms with Crippen LogP contribution in [0.2, 0.25) is 0 Å². The number of carbonyl (C=O) groups is 2. The first-order valence-corrected chi connectivity index (χ1v) is 9.63. The van der Waals surface area contributed by atoms with Crippen LogP contribution in [0.5, 0.6) is 5.75 Å². The molecule has 1 aromatic rings. The quantitative estimate of drug-likeness (QED) is 0.755. The molecular weight excluding hydrogens is 330 g/mol. The van der Waals surface area contributed by atoms with E-state index in [2.05, 4.69) is 19.9 Å². The van der Waals surface area contributed by atoms with E-state index in [1.807, 2.05) is 18.2 Å². The number of hydrogen-bond acceptors (Lipinski definition) is 4. The molecule has 2 aliphatic rings. The number of rotatable bonds is 5. The lowest BCUT2D eigenvalue weighted by Crippen LogP contribution is -2.48. The van der Waals surface area contributed by atoms with Gasteiger partial charge in [-0.2, -0.15) is 0 Å². The highest BCUT2D eigenvalue weighted by Gasteiger charge is 2.47. The fourth-order valence-corrected chi connectivity index (χ4v) is 4.35. The van der Waals surface area contributed by atoms with E-state index in [1.54, 1.807) is 4.90 Å². The number of fused-ring (bicyclic) bond motifs is 1. The molecule has 1 heterocycles. The molecule has 0 radical (unpaired) electrons. The third kappa shape index (κ3) is 3.87. The maximum absolute atomic E-state index is 12.9. The number of esters is 1. The summed E-state index contributed by atoms with van der Waals surface area (Å²) in [6.45, 7) is 4.20. The summed E-state index contributed by atoms with van der Waals surface area (Å²) < 4.78 is 10.7. The molecule has 2 fully saturated rings. The number of nitrogens with zero attached hydrogens (tertiary/aromatic N) is 1. The number of amides is 1. The number of methoxy groups -OCH3 is 1. The van der Waals surface area contributed by atoms with Crippen LogP contribution in [0.15, 0.2) is 24.3 Å². The Balaban J connectivity index is 1.70. The molecular formula is C21H29NO4. The van der Waals surface area contributed by atoms with Crippen molar-refractivity contribution < 1.29 is 19.1 Å². The van der Waals surface area contributed by atoms with E-state index in [0.717, 1.165) is 19.3 Å². The van der Waals surface area contributed by atoms with E-state index < -0.39 is 6.04 Å². The minimum absolute atomic E-state index is 0.0434. The van der Waals surface area contributed by atoms with Crippen LogP contribution < -0.4 is 4.74 Å². The Kier molecular flexibility index (Phi) is 5.84. The Morgan fingerprint density at radius 2 is 2.00 bits per heavy atom. The molecule has 3 unspecified atom stereocenters. The highest BCUT2D eigenvalue weighted by molar-refractivity contribution is 5.86. The van der Waals surface area contributed by atoms with Gasteiger partial charge in [0, 0.05) is 6.04 Å². The van der Waals surface area contributed by atoms with Gasteiger partial charge in [-0.05, 0) is 48.8 Å². The topological polar surface area (TPSA) is 55.8 Å². The summed E-state index contributed by atoms with van der Waals surface area (Å²) in [6, 6.07) is 7.52. The maximum atomic E-state index is 12.9. The number of likely N-dealkylation sites (tertiary alicyclic amines) is 1. The summed E-state index contributed by atoms with van der Waals surface area (Å²) in [6.07, 6.45) is 5.05. The molecule has 3 rings (SSSR count). The molecule has 5 nitrogen and oxygen atoms in total. The molecule has 142 valence electrons. The normalized spacial score (nSPS) is 25.1. The number of hydrogen-bond donors (Lipinski definition) is 0. The Morgan fingerprint density at radius 3 is 2.73 bits per heavy atom. The molecule has 1 amide bonds. The van der Waals surface area contributed by atoms with Gasteiger partial charge in [-0.15, -0.1) is 0 Å². The van der Waals surface area contributed by atoms with Gasteiger partial charge in [0.2, 0.25) is 0 Å². The summed E-state index contributed by atoms with van der Waals surface area (Å²) in [7, 11) is 1.39. The van der Waals surface area contributed by atoms with E-state index in [1.165, 1.54) is 19.1 Å². The van der Waals surface area contributed by atoms with Crippen LogP contribution in [-0.4, -0.2) is 42.6 Å². The van der Waals surface area contributed by atoms with Crippen molar-refractivity contribution in [2.45, 2.75) is 64.0 Å². The predicted octanol–water partition coefficient (Wildman–Crippen LogP) is 3.52. The van der Waals surface area contributed by atoms with Gasteiger partial charge in [-0.25, -0.2) is 4.79 Å². The lowest BCUT2D eigenvalue weighted by molar-refractivity contribution is -0.153. The van der Waals surface area contributed by atoms with Crippen LogP contribution in [0.3, 0.4) is 0 Å². The zero-order valence-corrected chi connectivity index (χ0v) is 15.9. The summed E-state index contributed by atoms with van der Waals surface area (Å²) in [4.78, 5) is 26.9. The van der Waals surface area contributed by atoms with Crippen molar-refractivity contribution in [1.82, 2.24) is 4.90 Å². The van der Waals surface area contributed by atoms with Crippen molar-refractivity contribution in [2.75, 3.05) is 13.7 Å². The van der Waals surface area contributed by atoms with Gasteiger partial charge >= 0.3 is 5.97 Å². The molecule has 0 spiro atoms. The minimum Gasteiger partial charge on any atom is -0.484 e. The van der Waals surface area contributed by atoms with Crippen molar-refractivity contribution in [3.63, 3.8) is 0 Å². The zero-order chi connectivity index (χ0) is 18.7. The molecule has 26 heavy (non-hydrogen) atoms. The lowest BCUT2D eigenvalue weighted by atomic mass is 9.85. The third-order valence-electron chi connectivity index (χ3n) is 5.74. The first kappa shape index (κ1) is 18.7. The van der Waals surface area contributed by atoms with E-state index in [4.69, 9.17) is 9.47 Å². The molecule has 3 atom stereocenters. The fraction of sp³-hybridized carbons (Fsp3) is 0.619. The van der Waals surface area contributed by atoms with Crippen LogP contribution in [-0.2, 0) is 14.3 Å². The second-order valence-corrected chi connectivity index (χ2v) is 7.70. The van der Waals surface area contributed by atoms with E-state index in [9.17, 15) is 9.59 Å². The second kappa shape index (κ2) is 8.11. The predicted molar refractivity (Wildman–Crippen MR) is 99.0 cm³/mol. The molecule has 0 N–H and O–H groups in total. The molecule has 1 saturated heterocycles. The van der Waals surface area contributed by atoms with Gasteiger partial charge in [0.15, 0.2) is 6.61 Å². The lowest BCUT2D eigenvalue weighted by Gasteiger charge is -2.33. The number of ether oxygens (including phenoxy) is 2. The molecule has 0 aromatic heterocycles. The van der Waals surface area contributed by atoms with Crippen molar-refractivity contribution in [1.29, 1.82) is 0 Å². The Hall–Kier alpha value is -2.04. The minimum atomic E-state index is -0.466. The smallest absolute Gasteiger partial charge is 0.328 e. The van der Waals surface area contributed by atoms with E-state index in [-0.39, 0.29) is 24.5 Å². The average molecular weight is 359 g/mol. The molecule has 5 heteroatoms. The van der Waals surface area contributed by atoms with Gasteiger partial charge in [0.1, 0.15) is 11.8 Å². The molecule has 1 aliphatic heterocycles. The highest BCUT2D eigenvalue weighted by Crippen LogP contribution is 2.40. The molecule has 1 saturated carbocycles. The first-order chi connectivity index (χ1) is 12.5. The SMILES string of the molecule is COC(=O)C1CC2CCCCC2N1C(=O)COc1cccc(C(C)C)c1. The molecule has 0 bridgehead atoms. The fourth-order valence-electron chi connectivity index (χ4n) is 4.35. The van der Waals surface area contributed by atoms with E-state index in [0.29, 0.717) is 24.0 Å². The first-order valence-electron chi connectivity index (χ1n) is 9.63. The van der Waals surface area contributed by atoms with Gasteiger partial charge in [-0.1, -0.05) is 38.8 Å². The second-order valence-electron chi connectivity index (χ2n) is 7.70. The third-order valence-corrected chi connectivity index (χ3v) is 5.74. The highest BCUT2D eigenvalue weighted by atomic mass is 16.5. The van der Waals surface area contributed by atoms with Crippen LogP contribution in [0, 0.1) is 5.92 Å². The Bertz CT molecular complexity index is 657. The molecule has 1 aliphatic carbocycles. The zero-order valence-electron chi connectivity index (χ0n) is 15.9. The van der Waals surface area contributed by atoms with Crippen LogP contribution in [0.4, 0.5) is 0 Å². The maximum Gasteiger partial charge on any atom is 0.328 e. The van der Waals surface area contributed by atoms with E-state index >= 15 is 0 Å². The molecule has 1 aromatic carbocycles. The van der Waals surface area contributed by atoms with Crippen molar-refractivity contribution in [3.05, 3.63) is 29.8 Å². The summed E-state index contributed by atoms with van der Waals surface area (Å²) in [5, 5.41) is 0. The van der Waals surface area contributed by atoms with Crippen LogP contribution in [0.1, 0.15) is 57.4 Å². The van der Waals surface area contributed by atoms with Crippen LogP contribution in [0.25, 0.3) is 0 Å². The Labute approximate surface area is 155 Å². The van der Waals surface area contributed by atoms with Crippen molar-refractivity contribution in [3.8, 4) is 5.75 Å². The van der Waals surface area contributed by atoms with Crippen molar-refractivity contribution >= 4 is 11.9 Å². The van der Waals surface area contributed by atoms with Gasteiger partial charge in [-0.3, -0.25) is 4.79 Å². The summed E-state index contributed by atoms with van der Waals surface area (Å²) in [5.74, 6) is 1.07. The van der Waals surface area contributed by atoms with Crippen molar-refractivity contribution in [2.24, 2.45) is 5.92 Å². The largest absolute Gasteiger partial charge is 0.484 e. The van der Waals surface area contributed by atoms with Gasteiger partial charge in [0.25, 0.3) is 5.91 Å². The average Bonchev–Trinajstić information content (AvgIpc) is 3.05. The van der Waals surface area contributed by atoms with Crippen LogP contribution >= 0.6 is 0 Å². The monoisotopic (exact) mass is 359 g/mol. The Morgan fingerprint density at radius 1 is 1.23 bits per heavy atom. The standard InChI is InChI=1S/C21H29NO4/c1-14(2)15-8-6-9-17(11-15)26-13-20(23)22-18-10-5-4-7-16(18)12-19(22)21(24)25-3/h6,8-9,11,14,16,18-19H,4-5,7,10,12-13H2,1-3H3. The summed E-state index contributed by atoms with van der Waals surface area (Å²) >= 11 is 0. The summed E-state index contributed by atoms with van der Waals surface area (Å²) in [5.41, 5.74) is 1.18. The van der Waals surface area contributed by atoms with Gasteiger partial charge in [0.05, 0.1) is 7.11 Å².